The summed E-state index contributed by atoms with van der Waals surface area (Å²) in [4.78, 5) is 16.1. The van der Waals surface area contributed by atoms with Gasteiger partial charge in [0.05, 0.1) is 16.6 Å². The fourth-order valence-electron chi connectivity index (χ4n) is 1.91. The van der Waals surface area contributed by atoms with E-state index in [1.807, 2.05) is 31.2 Å². The number of rotatable bonds is 0. The molecule has 2 heterocycles. The number of H-pyrrole nitrogens is 1. The quantitative estimate of drug-likeness (QED) is 0.576. The molecule has 3 rings (SSSR count). The Labute approximate surface area is 90.9 Å². The predicted octanol–water partition coefficient (Wildman–Crippen LogP) is 1.78. The first-order chi connectivity index (χ1) is 7.77. The van der Waals surface area contributed by atoms with Crippen LogP contribution in [0.5, 0.6) is 0 Å². The lowest BCUT2D eigenvalue weighted by Gasteiger charge is -2.03. The zero-order valence-electron chi connectivity index (χ0n) is 8.69. The molecule has 0 bridgehead atoms. The topological polar surface area (TPSA) is 58.6 Å². The Hall–Kier alpha value is -2.23. The van der Waals surface area contributed by atoms with Crippen LogP contribution in [-0.4, -0.2) is 15.2 Å². The van der Waals surface area contributed by atoms with Gasteiger partial charge >= 0.3 is 0 Å². The van der Waals surface area contributed by atoms with Crippen LogP contribution >= 0.6 is 0 Å². The molecule has 3 aromatic rings. The second-order valence-electron chi connectivity index (χ2n) is 3.70. The van der Waals surface area contributed by atoms with E-state index in [2.05, 4.69) is 15.2 Å². The van der Waals surface area contributed by atoms with E-state index in [-0.39, 0.29) is 5.56 Å². The number of hydrogen-bond acceptors (Lipinski definition) is 3. The van der Waals surface area contributed by atoms with Crippen LogP contribution in [0, 0.1) is 6.92 Å². The van der Waals surface area contributed by atoms with Crippen LogP contribution < -0.4 is 5.56 Å². The molecule has 0 amide bonds. The monoisotopic (exact) mass is 211 g/mol. The molecule has 2 aromatic heterocycles. The van der Waals surface area contributed by atoms with E-state index in [9.17, 15) is 4.79 Å². The van der Waals surface area contributed by atoms with Crippen LogP contribution in [-0.2, 0) is 0 Å². The van der Waals surface area contributed by atoms with Crippen molar-refractivity contribution in [3.05, 3.63) is 46.5 Å². The van der Waals surface area contributed by atoms with Crippen molar-refractivity contribution < 1.29 is 0 Å². The molecule has 78 valence electrons. The molecule has 4 nitrogen and oxygen atoms in total. The highest BCUT2D eigenvalue weighted by molar-refractivity contribution is 6.05. The van der Waals surface area contributed by atoms with Gasteiger partial charge in [0.2, 0.25) is 0 Å². The molecule has 0 saturated carbocycles. The molecule has 0 spiro atoms. The summed E-state index contributed by atoms with van der Waals surface area (Å²) in [6, 6.07) is 7.60. The number of pyridine rings is 1. The van der Waals surface area contributed by atoms with Gasteiger partial charge in [-0.2, -0.15) is 5.10 Å². The number of aromatic amines is 1. The molecule has 4 heteroatoms. The Balaban J connectivity index is 2.70. The highest BCUT2D eigenvalue weighted by Gasteiger charge is 2.07. The van der Waals surface area contributed by atoms with Gasteiger partial charge in [-0.1, -0.05) is 18.2 Å². The van der Waals surface area contributed by atoms with Gasteiger partial charge in [0.25, 0.3) is 5.56 Å². The zero-order valence-corrected chi connectivity index (χ0v) is 8.69. The first-order valence-corrected chi connectivity index (χ1v) is 5.00. The van der Waals surface area contributed by atoms with Crippen molar-refractivity contribution in [3.63, 3.8) is 0 Å². The standard InChI is InChI=1S/C12H9N3O/c1-7-9-6-13-10-5-3-2-4-8(10)11(9)12(16)15-14-7/h2-6H,1H3,(H,15,16). The number of fused-ring (bicyclic) bond motifs is 3. The summed E-state index contributed by atoms with van der Waals surface area (Å²) in [5, 5.41) is 8.78. The normalized spacial score (nSPS) is 11.1. The summed E-state index contributed by atoms with van der Waals surface area (Å²) in [5.41, 5.74) is 1.44. The van der Waals surface area contributed by atoms with E-state index in [1.165, 1.54) is 0 Å². The molecule has 0 radical (unpaired) electrons. The molecule has 0 aliphatic rings. The van der Waals surface area contributed by atoms with Crippen molar-refractivity contribution in [1.29, 1.82) is 0 Å². The minimum absolute atomic E-state index is 0.167. The molecule has 0 unspecified atom stereocenters. The SMILES string of the molecule is Cc1n[nH]c(=O)c2c1cnc1ccccc12. The minimum atomic E-state index is -0.167. The molecule has 0 aliphatic heterocycles. The van der Waals surface area contributed by atoms with Gasteiger partial charge in [0, 0.05) is 17.0 Å². The second kappa shape index (κ2) is 3.13. The lowest BCUT2D eigenvalue weighted by atomic mass is 10.1. The van der Waals surface area contributed by atoms with Gasteiger partial charge < -0.3 is 0 Å². The lowest BCUT2D eigenvalue weighted by molar-refractivity contribution is 0.970. The lowest BCUT2D eigenvalue weighted by Crippen LogP contribution is -2.10. The van der Waals surface area contributed by atoms with Gasteiger partial charge in [0.1, 0.15) is 0 Å². The number of aryl methyl sites for hydroxylation is 1. The number of hydrogen-bond donors (Lipinski definition) is 1. The van der Waals surface area contributed by atoms with E-state index in [0.717, 1.165) is 22.0 Å². The minimum Gasteiger partial charge on any atom is -0.267 e. The highest BCUT2D eigenvalue weighted by Crippen LogP contribution is 2.20. The van der Waals surface area contributed by atoms with E-state index in [1.54, 1.807) is 6.20 Å². The first-order valence-electron chi connectivity index (χ1n) is 5.00. The maximum Gasteiger partial charge on any atom is 0.272 e. The van der Waals surface area contributed by atoms with Crippen LogP contribution in [0.3, 0.4) is 0 Å². The Kier molecular flexibility index (Phi) is 1.77. The van der Waals surface area contributed by atoms with Crippen LogP contribution in [0.15, 0.2) is 35.3 Å². The Bertz CT molecular complexity index is 746. The summed E-state index contributed by atoms with van der Waals surface area (Å²) in [6.07, 6.45) is 1.70. The molecule has 16 heavy (non-hydrogen) atoms. The van der Waals surface area contributed by atoms with E-state index in [0.29, 0.717) is 5.39 Å². The first kappa shape index (κ1) is 9.03. The van der Waals surface area contributed by atoms with Crippen LogP contribution in [0.25, 0.3) is 21.7 Å². The van der Waals surface area contributed by atoms with Crippen LogP contribution in [0.4, 0.5) is 0 Å². The van der Waals surface area contributed by atoms with Crippen molar-refractivity contribution >= 4 is 21.7 Å². The number of aromatic nitrogens is 3. The predicted molar refractivity (Wildman–Crippen MR) is 62.4 cm³/mol. The summed E-state index contributed by atoms with van der Waals surface area (Å²) in [5.74, 6) is 0. The number of benzene rings is 1. The smallest absolute Gasteiger partial charge is 0.267 e. The number of para-hydroxylation sites is 1. The van der Waals surface area contributed by atoms with Gasteiger partial charge in [-0.15, -0.1) is 0 Å². The van der Waals surface area contributed by atoms with Crippen LogP contribution in [0.1, 0.15) is 5.69 Å². The highest BCUT2D eigenvalue weighted by atomic mass is 16.1. The molecule has 0 aliphatic carbocycles. The maximum atomic E-state index is 11.8. The molecule has 1 N–H and O–H groups in total. The second-order valence-corrected chi connectivity index (χ2v) is 3.70. The van der Waals surface area contributed by atoms with Crippen molar-refractivity contribution in [3.8, 4) is 0 Å². The molecule has 0 saturated heterocycles. The average Bonchev–Trinajstić information content (AvgIpc) is 2.33. The van der Waals surface area contributed by atoms with Gasteiger partial charge in [-0.3, -0.25) is 9.78 Å². The molecule has 0 atom stereocenters. The number of nitrogens with one attached hydrogen (secondary N) is 1. The Morgan fingerprint density at radius 1 is 1.19 bits per heavy atom. The van der Waals surface area contributed by atoms with Crippen molar-refractivity contribution in [2.75, 3.05) is 0 Å². The van der Waals surface area contributed by atoms with E-state index in [4.69, 9.17) is 0 Å². The van der Waals surface area contributed by atoms with E-state index < -0.39 is 0 Å². The molecule has 0 fully saturated rings. The van der Waals surface area contributed by atoms with Gasteiger partial charge in [0.15, 0.2) is 0 Å². The third-order valence-corrected chi connectivity index (χ3v) is 2.72. The van der Waals surface area contributed by atoms with Crippen LogP contribution in [0.2, 0.25) is 0 Å². The van der Waals surface area contributed by atoms with Gasteiger partial charge in [-0.25, -0.2) is 5.10 Å². The van der Waals surface area contributed by atoms with Gasteiger partial charge in [-0.05, 0) is 13.0 Å². The third kappa shape index (κ3) is 1.13. The maximum absolute atomic E-state index is 11.8. The fraction of sp³-hybridized carbons (Fsp3) is 0.0833. The molecular formula is C12H9N3O. The van der Waals surface area contributed by atoms with Crippen molar-refractivity contribution in [2.24, 2.45) is 0 Å². The summed E-state index contributed by atoms with van der Waals surface area (Å²) >= 11 is 0. The Morgan fingerprint density at radius 2 is 2.00 bits per heavy atom. The third-order valence-electron chi connectivity index (χ3n) is 2.72. The average molecular weight is 211 g/mol. The summed E-state index contributed by atoms with van der Waals surface area (Å²) in [7, 11) is 0. The number of nitrogens with zero attached hydrogens (tertiary/aromatic N) is 2. The fourth-order valence-corrected chi connectivity index (χ4v) is 1.91. The Morgan fingerprint density at radius 3 is 2.88 bits per heavy atom. The molecular weight excluding hydrogens is 202 g/mol. The summed E-state index contributed by atoms with van der Waals surface area (Å²) in [6.45, 7) is 1.86. The molecule has 1 aromatic carbocycles. The van der Waals surface area contributed by atoms with E-state index >= 15 is 0 Å². The zero-order chi connectivity index (χ0) is 11.1. The van der Waals surface area contributed by atoms with Crippen molar-refractivity contribution in [2.45, 2.75) is 6.92 Å². The van der Waals surface area contributed by atoms with Crippen molar-refractivity contribution in [1.82, 2.24) is 15.2 Å². The largest absolute Gasteiger partial charge is 0.272 e. The summed E-state index contributed by atoms with van der Waals surface area (Å²) < 4.78 is 0.